The van der Waals surface area contributed by atoms with Crippen molar-refractivity contribution in [2.45, 2.75) is 59.1 Å². The minimum absolute atomic E-state index is 0.0744. The molecule has 0 saturated carbocycles. The summed E-state index contributed by atoms with van der Waals surface area (Å²) < 4.78 is 19.2. The van der Waals surface area contributed by atoms with Crippen LogP contribution in [-0.2, 0) is 0 Å². The van der Waals surface area contributed by atoms with E-state index >= 15 is 0 Å². The first-order chi connectivity index (χ1) is 8.75. The molecule has 0 saturated heterocycles. The summed E-state index contributed by atoms with van der Waals surface area (Å²) in [6, 6.07) is 2.95. The molecule has 0 amide bonds. The zero-order chi connectivity index (χ0) is 14.6. The number of hydrogen-bond acceptors (Lipinski definition) is 3. The molecule has 0 radical (unpaired) electrons. The van der Waals surface area contributed by atoms with Crippen LogP contribution in [0, 0.1) is 5.82 Å². The zero-order valence-electron chi connectivity index (χ0n) is 12.5. The Hall–Kier alpha value is -1.45. The average molecular weight is 268 g/mol. The van der Waals surface area contributed by atoms with Gasteiger partial charge in [-0.15, -0.1) is 0 Å². The molecule has 108 valence electrons. The minimum Gasteiger partial charge on any atom is -0.488 e. The highest BCUT2D eigenvalue weighted by molar-refractivity contribution is 5.69. The maximum Gasteiger partial charge on any atom is 0.167 e. The van der Waals surface area contributed by atoms with Crippen LogP contribution in [0.25, 0.3) is 0 Å². The summed E-state index contributed by atoms with van der Waals surface area (Å²) in [5.74, 6) is -0.191. The second-order valence-electron chi connectivity index (χ2n) is 5.80. The number of halogens is 1. The first kappa shape index (κ1) is 15.6. The van der Waals surface area contributed by atoms with Crippen molar-refractivity contribution in [3.63, 3.8) is 0 Å². The predicted molar refractivity (Wildman–Crippen MR) is 79.2 cm³/mol. The van der Waals surface area contributed by atoms with Crippen LogP contribution in [0.1, 0.15) is 47.5 Å². The zero-order valence-corrected chi connectivity index (χ0v) is 12.5. The number of nitrogen functional groups attached to an aromatic ring is 1. The summed E-state index contributed by atoms with van der Waals surface area (Å²) in [5.41, 5.74) is 6.90. The number of rotatable bonds is 6. The van der Waals surface area contributed by atoms with Crippen LogP contribution >= 0.6 is 0 Å². The van der Waals surface area contributed by atoms with E-state index in [2.05, 4.69) is 26.1 Å². The summed E-state index contributed by atoms with van der Waals surface area (Å²) in [6.45, 7) is 10.1. The molecule has 0 aliphatic carbocycles. The molecule has 3 nitrogen and oxygen atoms in total. The highest BCUT2D eigenvalue weighted by Gasteiger charge is 2.19. The molecular formula is C15H25FN2O. The van der Waals surface area contributed by atoms with Crippen molar-refractivity contribution in [3.05, 3.63) is 17.9 Å². The first-order valence-corrected chi connectivity index (χ1v) is 6.79. The van der Waals surface area contributed by atoms with Gasteiger partial charge < -0.3 is 15.8 Å². The third-order valence-corrected chi connectivity index (χ3v) is 2.81. The maximum absolute atomic E-state index is 13.7. The highest BCUT2D eigenvalue weighted by Crippen LogP contribution is 2.31. The van der Waals surface area contributed by atoms with E-state index in [0.717, 1.165) is 18.5 Å². The van der Waals surface area contributed by atoms with Crippen LogP contribution in [0.2, 0.25) is 0 Å². The normalized spacial score (nSPS) is 11.7. The lowest BCUT2D eigenvalue weighted by Crippen LogP contribution is -2.30. The van der Waals surface area contributed by atoms with Gasteiger partial charge in [-0.25, -0.2) is 4.39 Å². The Morgan fingerprint density at radius 3 is 2.53 bits per heavy atom. The van der Waals surface area contributed by atoms with Gasteiger partial charge in [0.2, 0.25) is 0 Å². The molecule has 1 aromatic carbocycles. The standard InChI is InChI=1S/C15H25FN2O/c1-6-7-15(4,5)18-13-9-14(19-10(2)3)11(16)8-12(13)17/h8-10,18H,6-7,17H2,1-5H3. The minimum atomic E-state index is -0.426. The number of nitrogens with two attached hydrogens (primary N) is 1. The largest absolute Gasteiger partial charge is 0.488 e. The summed E-state index contributed by atoms with van der Waals surface area (Å²) >= 11 is 0. The van der Waals surface area contributed by atoms with Gasteiger partial charge in [0.1, 0.15) is 0 Å². The topological polar surface area (TPSA) is 47.3 Å². The van der Waals surface area contributed by atoms with Gasteiger partial charge in [0.05, 0.1) is 17.5 Å². The Balaban J connectivity index is 3.00. The molecule has 3 N–H and O–H groups in total. The van der Waals surface area contributed by atoms with E-state index in [0.29, 0.717) is 5.69 Å². The molecule has 4 heteroatoms. The van der Waals surface area contributed by atoms with Crippen molar-refractivity contribution in [3.8, 4) is 5.75 Å². The molecule has 0 unspecified atom stereocenters. The molecule has 19 heavy (non-hydrogen) atoms. The molecular weight excluding hydrogens is 243 g/mol. The van der Waals surface area contributed by atoms with Gasteiger partial charge in [-0.1, -0.05) is 13.3 Å². The summed E-state index contributed by atoms with van der Waals surface area (Å²) in [5, 5.41) is 3.36. The Morgan fingerprint density at radius 1 is 1.37 bits per heavy atom. The van der Waals surface area contributed by atoms with Gasteiger partial charge in [0, 0.05) is 17.7 Å². The van der Waals surface area contributed by atoms with E-state index in [1.807, 2.05) is 13.8 Å². The van der Waals surface area contributed by atoms with Crippen molar-refractivity contribution in [2.75, 3.05) is 11.1 Å². The number of hydrogen-bond donors (Lipinski definition) is 2. The molecule has 1 aromatic rings. The lowest BCUT2D eigenvalue weighted by molar-refractivity contribution is 0.231. The van der Waals surface area contributed by atoms with Gasteiger partial charge in [0.25, 0.3) is 0 Å². The quantitative estimate of drug-likeness (QED) is 0.761. The number of ether oxygens (including phenoxy) is 1. The smallest absolute Gasteiger partial charge is 0.167 e. The van der Waals surface area contributed by atoms with Gasteiger partial charge in [-0.2, -0.15) is 0 Å². The molecule has 1 rings (SSSR count). The summed E-state index contributed by atoms with van der Waals surface area (Å²) in [4.78, 5) is 0. The number of benzene rings is 1. The van der Waals surface area contributed by atoms with Crippen LogP contribution in [0.15, 0.2) is 12.1 Å². The molecule has 0 bridgehead atoms. The second-order valence-corrected chi connectivity index (χ2v) is 5.80. The van der Waals surface area contributed by atoms with Gasteiger partial charge in [-0.3, -0.25) is 0 Å². The van der Waals surface area contributed by atoms with Crippen molar-refractivity contribution in [2.24, 2.45) is 0 Å². The third kappa shape index (κ3) is 4.62. The lowest BCUT2D eigenvalue weighted by atomic mass is 9.98. The van der Waals surface area contributed by atoms with Gasteiger partial charge in [0.15, 0.2) is 11.6 Å². The molecule has 0 fully saturated rings. The lowest BCUT2D eigenvalue weighted by Gasteiger charge is -2.28. The Kier molecular flexibility index (Phi) is 5.04. The molecule has 0 spiro atoms. The fourth-order valence-electron chi connectivity index (χ4n) is 2.07. The van der Waals surface area contributed by atoms with Crippen molar-refractivity contribution >= 4 is 11.4 Å². The van der Waals surface area contributed by atoms with E-state index in [4.69, 9.17) is 10.5 Å². The van der Waals surface area contributed by atoms with Crippen molar-refractivity contribution in [1.82, 2.24) is 0 Å². The fourth-order valence-corrected chi connectivity index (χ4v) is 2.07. The first-order valence-electron chi connectivity index (χ1n) is 6.79. The number of anilines is 2. The van der Waals surface area contributed by atoms with Gasteiger partial charge >= 0.3 is 0 Å². The van der Waals surface area contributed by atoms with Crippen LogP contribution in [0.4, 0.5) is 15.8 Å². The molecule has 0 heterocycles. The van der Waals surface area contributed by atoms with Crippen LogP contribution < -0.4 is 15.8 Å². The summed E-state index contributed by atoms with van der Waals surface area (Å²) in [7, 11) is 0. The Morgan fingerprint density at radius 2 is 2.00 bits per heavy atom. The van der Waals surface area contributed by atoms with E-state index in [9.17, 15) is 4.39 Å². The predicted octanol–water partition coefficient (Wildman–Crippen LogP) is 4.19. The van der Waals surface area contributed by atoms with Crippen molar-refractivity contribution in [1.29, 1.82) is 0 Å². The SMILES string of the molecule is CCCC(C)(C)Nc1cc(OC(C)C)c(F)cc1N. The third-order valence-electron chi connectivity index (χ3n) is 2.81. The maximum atomic E-state index is 13.7. The van der Waals surface area contributed by atoms with E-state index < -0.39 is 5.82 Å². The Labute approximate surface area is 115 Å². The van der Waals surface area contributed by atoms with Crippen LogP contribution in [0.3, 0.4) is 0 Å². The highest BCUT2D eigenvalue weighted by atomic mass is 19.1. The molecule has 0 aromatic heterocycles. The average Bonchev–Trinajstić information content (AvgIpc) is 2.23. The van der Waals surface area contributed by atoms with E-state index in [1.165, 1.54) is 6.07 Å². The van der Waals surface area contributed by atoms with Crippen LogP contribution in [-0.4, -0.2) is 11.6 Å². The molecule has 0 atom stereocenters. The summed E-state index contributed by atoms with van der Waals surface area (Å²) in [6.07, 6.45) is 2.00. The number of nitrogens with one attached hydrogen (secondary N) is 1. The van der Waals surface area contributed by atoms with Gasteiger partial charge in [-0.05, 0) is 34.1 Å². The van der Waals surface area contributed by atoms with Crippen LogP contribution in [0.5, 0.6) is 5.75 Å². The Bertz CT molecular complexity index is 430. The molecule has 0 aliphatic heterocycles. The molecule has 0 aliphatic rings. The fraction of sp³-hybridized carbons (Fsp3) is 0.600. The monoisotopic (exact) mass is 268 g/mol. The second kappa shape index (κ2) is 6.13. The van der Waals surface area contributed by atoms with E-state index in [1.54, 1.807) is 6.07 Å². The van der Waals surface area contributed by atoms with E-state index in [-0.39, 0.29) is 17.4 Å². The van der Waals surface area contributed by atoms with Crippen molar-refractivity contribution < 1.29 is 9.13 Å².